The molecule has 0 aliphatic carbocycles. The Morgan fingerprint density at radius 1 is 0.797 bits per heavy atom. The van der Waals surface area contributed by atoms with E-state index in [1.54, 1.807) is 63.9 Å². The van der Waals surface area contributed by atoms with Crippen molar-refractivity contribution in [2.75, 3.05) is 19.6 Å². The highest BCUT2D eigenvalue weighted by Gasteiger charge is 2.43. The van der Waals surface area contributed by atoms with Crippen molar-refractivity contribution in [3.05, 3.63) is 62.4 Å². The summed E-state index contributed by atoms with van der Waals surface area (Å²) < 4.78 is 55.8. The molecule has 0 spiro atoms. The lowest BCUT2D eigenvalue weighted by molar-refractivity contribution is -0.149. The van der Waals surface area contributed by atoms with E-state index in [1.807, 2.05) is 0 Å². The first-order chi connectivity index (χ1) is 27.9. The maximum atomic E-state index is 14.8. The number of esters is 2. The summed E-state index contributed by atoms with van der Waals surface area (Å²) in [5.74, 6) is -1.86. The van der Waals surface area contributed by atoms with Crippen molar-refractivity contribution in [2.45, 2.75) is 150 Å². The van der Waals surface area contributed by atoms with Gasteiger partial charge >= 0.3 is 23.6 Å². The maximum absolute atomic E-state index is 14.8. The second-order valence-electron chi connectivity index (χ2n) is 15.7. The molecular weight excluding hydrogens is 789 g/mol. The lowest BCUT2D eigenvalue weighted by Gasteiger charge is -2.35. The van der Waals surface area contributed by atoms with Crippen molar-refractivity contribution in [3.8, 4) is 0 Å². The molecule has 0 aliphatic heterocycles. The van der Waals surface area contributed by atoms with Gasteiger partial charge in [0.05, 0.1) is 45.1 Å². The molecule has 1 atom stereocenters. The number of rotatable bonds is 25. The van der Waals surface area contributed by atoms with Crippen molar-refractivity contribution in [2.24, 2.45) is 4.99 Å². The molecule has 0 amide bonds. The molecule has 0 radical (unpaired) electrons. The van der Waals surface area contributed by atoms with E-state index in [0.717, 1.165) is 38.5 Å². The molecule has 19 nitrogen and oxygen atoms in total. The van der Waals surface area contributed by atoms with Gasteiger partial charge in [0.25, 0.3) is 0 Å². The van der Waals surface area contributed by atoms with E-state index >= 15 is 0 Å². The Labute approximate surface area is 342 Å². The van der Waals surface area contributed by atoms with Gasteiger partial charge in [0.2, 0.25) is 7.44 Å². The number of imidazole rings is 1. The molecule has 0 saturated carbocycles. The predicted molar refractivity (Wildman–Crippen MR) is 216 cm³/mol. The zero-order valence-corrected chi connectivity index (χ0v) is 36.6. The Balaban J connectivity index is 1.57. The van der Waals surface area contributed by atoms with Gasteiger partial charge in [-0.2, -0.15) is 0 Å². The third-order valence-electron chi connectivity index (χ3n) is 9.37. The van der Waals surface area contributed by atoms with Crippen LogP contribution >= 0.6 is 7.44 Å². The summed E-state index contributed by atoms with van der Waals surface area (Å²) in [6.45, 7) is 16.0. The number of hydrogen-bond donors (Lipinski definition) is 2. The summed E-state index contributed by atoms with van der Waals surface area (Å²) in [5.41, 5.74) is -1.74. The Hall–Kier alpha value is -4.58. The second-order valence-corrected chi connectivity index (χ2v) is 17.8. The molecule has 4 rings (SSSR count). The minimum atomic E-state index is -3.91. The Kier molecular flexibility index (Phi) is 16.8. The van der Waals surface area contributed by atoms with E-state index in [4.69, 9.17) is 31.9 Å². The highest BCUT2D eigenvalue weighted by atomic mass is 31.2. The van der Waals surface area contributed by atoms with E-state index < -0.39 is 54.6 Å². The average molecular weight is 850 g/mol. The minimum absolute atomic E-state index is 0.0286. The first-order valence-electron chi connectivity index (χ1n) is 20.1. The average Bonchev–Trinajstić information content (AvgIpc) is 3.82. The number of unbranched alkanes of at least 4 members (excludes halogenated alkanes) is 6. The first-order valence-corrected chi connectivity index (χ1v) is 22.0. The van der Waals surface area contributed by atoms with E-state index in [-0.39, 0.29) is 55.9 Å². The SMILES string of the molecule is CCCCCCOC(=O)C(C)(C)NP(=O)(CO[C@H](C)Cn1cnc2/c(=N\Cc3oc(=O)oc3C)n(Cc3oc(=O)oc3C)cnc21)NC(C)(C)C(=O)OCCCCCC. The van der Waals surface area contributed by atoms with Gasteiger partial charge in [-0.3, -0.25) is 19.1 Å². The fourth-order valence-electron chi connectivity index (χ4n) is 6.14. The van der Waals surface area contributed by atoms with Crippen LogP contribution in [0.3, 0.4) is 0 Å². The van der Waals surface area contributed by atoms with Gasteiger partial charge in [-0.05, 0) is 61.3 Å². The van der Waals surface area contributed by atoms with Crippen LogP contribution in [-0.2, 0) is 48.0 Å². The van der Waals surface area contributed by atoms with E-state index in [2.05, 4.69) is 39.0 Å². The molecule has 20 heteroatoms. The minimum Gasteiger partial charge on any atom is -0.464 e. The van der Waals surface area contributed by atoms with E-state index in [9.17, 15) is 23.7 Å². The largest absolute Gasteiger partial charge is 0.519 e. The van der Waals surface area contributed by atoms with Gasteiger partial charge in [-0.25, -0.2) is 29.7 Å². The highest BCUT2D eigenvalue weighted by Crippen LogP contribution is 2.42. The van der Waals surface area contributed by atoms with Crippen molar-refractivity contribution in [3.63, 3.8) is 0 Å². The van der Waals surface area contributed by atoms with Crippen LogP contribution < -0.4 is 27.3 Å². The molecular formula is C39H60N7O12P. The normalized spacial score (nSPS) is 13.3. The van der Waals surface area contributed by atoms with Crippen molar-refractivity contribution < 1.29 is 46.0 Å². The summed E-state index contributed by atoms with van der Waals surface area (Å²) in [7, 11) is -3.91. The number of aromatic nitrogens is 4. The molecule has 4 aromatic rings. The summed E-state index contributed by atoms with van der Waals surface area (Å²) in [4.78, 5) is 63.8. The smallest absolute Gasteiger partial charge is 0.464 e. The Morgan fingerprint density at radius 3 is 1.83 bits per heavy atom. The van der Waals surface area contributed by atoms with Gasteiger partial charge in [-0.15, -0.1) is 0 Å². The first kappa shape index (κ1) is 47.1. The molecule has 59 heavy (non-hydrogen) atoms. The summed E-state index contributed by atoms with van der Waals surface area (Å²) in [6, 6.07) is 0. The lowest BCUT2D eigenvalue weighted by Crippen LogP contribution is -2.54. The van der Waals surface area contributed by atoms with Gasteiger partial charge in [0.15, 0.2) is 28.2 Å². The topological polar surface area (TPSA) is 238 Å². The number of fused-ring (bicyclic) bond motifs is 1. The standard InChI is InChI=1S/C39H60N7O12P/c1-10-12-14-16-18-52-34(47)38(6,7)43-59(51,44-39(8,9)35(48)53-19-17-15-13-11-2)25-54-26(3)21-45-23-41-31-32(40-20-29-27(4)55-36(49)57-29)46(24-42-33(31)45)22-30-28(5)56-37(50)58-30/h23-24,26H,10-22,25H2,1-9H3,(H2,43,44,51)/b40-32+/t26-/m1/s1. The molecule has 0 fully saturated rings. The molecule has 2 N–H and O–H groups in total. The van der Waals surface area contributed by atoms with E-state index in [1.165, 1.54) is 6.33 Å². The molecule has 0 bridgehead atoms. The van der Waals surface area contributed by atoms with Crippen molar-refractivity contribution in [1.29, 1.82) is 0 Å². The molecule has 328 valence electrons. The number of hydrogen-bond acceptors (Lipinski definition) is 15. The molecule has 4 aromatic heterocycles. The fourth-order valence-corrected chi connectivity index (χ4v) is 8.77. The Bertz CT molecular complexity index is 2200. The zero-order chi connectivity index (χ0) is 43.4. The van der Waals surface area contributed by atoms with Crippen LogP contribution in [-0.4, -0.2) is 67.8 Å². The Morgan fingerprint density at radius 2 is 1.32 bits per heavy atom. The predicted octanol–water partition coefficient (Wildman–Crippen LogP) is 5.63. The number of carbonyl (C=O) groups excluding carboxylic acids is 2. The van der Waals surface area contributed by atoms with Gasteiger partial charge in [-0.1, -0.05) is 52.4 Å². The summed E-state index contributed by atoms with van der Waals surface area (Å²) >= 11 is 0. The molecule has 0 unspecified atom stereocenters. The summed E-state index contributed by atoms with van der Waals surface area (Å²) in [6.07, 6.45) is 9.41. The highest BCUT2D eigenvalue weighted by molar-refractivity contribution is 7.59. The van der Waals surface area contributed by atoms with Gasteiger partial charge in [0.1, 0.15) is 35.5 Å². The van der Waals surface area contributed by atoms with Crippen molar-refractivity contribution in [1.82, 2.24) is 29.3 Å². The number of ether oxygens (including phenoxy) is 3. The summed E-state index contributed by atoms with van der Waals surface area (Å²) in [5, 5.41) is 5.91. The molecule has 0 aromatic carbocycles. The molecule has 0 aliphatic rings. The number of nitrogens with zero attached hydrogens (tertiary/aromatic N) is 5. The zero-order valence-electron chi connectivity index (χ0n) is 35.7. The quantitative estimate of drug-likeness (QED) is 0.0467. The van der Waals surface area contributed by atoms with Gasteiger partial charge in [0, 0.05) is 0 Å². The number of nitrogens with one attached hydrogen (secondary N) is 2. The van der Waals surface area contributed by atoms with Crippen LogP contribution in [0.5, 0.6) is 0 Å². The monoisotopic (exact) mass is 849 g/mol. The number of carbonyl (C=O) groups is 2. The van der Waals surface area contributed by atoms with Crippen LogP contribution in [0.25, 0.3) is 11.2 Å². The third kappa shape index (κ3) is 13.5. The fraction of sp³-hybridized carbons (Fsp3) is 0.667. The van der Waals surface area contributed by atoms with E-state index in [0.29, 0.717) is 29.5 Å². The van der Waals surface area contributed by atoms with Crippen LogP contribution in [0.15, 0.2) is 44.9 Å². The second kappa shape index (κ2) is 21.1. The van der Waals surface area contributed by atoms with Gasteiger partial charge < -0.3 is 41.0 Å². The molecule has 0 saturated heterocycles. The third-order valence-corrected chi connectivity index (χ3v) is 11.7. The maximum Gasteiger partial charge on any atom is 0.519 e. The van der Waals surface area contributed by atoms with Crippen LogP contribution in [0.4, 0.5) is 0 Å². The van der Waals surface area contributed by atoms with Crippen LogP contribution in [0.1, 0.15) is 123 Å². The van der Waals surface area contributed by atoms with Crippen LogP contribution in [0, 0.1) is 13.8 Å². The van der Waals surface area contributed by atoms with Crippen LogP contribution in [0.2, 0.25) is 0 Å². The number of aryl methyl sites for hydroxylation is 2. The van der Waals surface area contributed by atoms with Crippen molar-refractivity contribution >= 4 is 30.5 Å². The lowest BCUT2D eigenvalue weighted by atomic mass is 10.1. The molecule has 4 heterocycles.